The molecule has 0 radical (unpaired) electrons. The van der Waals surface area contributed by atoms with Crippen LogP contribution in [0.1, 0.15) is 33.6 Å². The van der Waals surface area contributed by atoms with Crippen molar-refractivity contribution in [3.63, 3.8) is 0 Å². The number of hydrogen-bond acceptors (Lipinski definition) is 3. The highest BCUT2D eigenvalue weighted by Gasteiger charge is 2.41. The summed E-state index contributed by atoms with van der Waals surface area (Å²) in [5, 5.41) is 9.14. The predicted molar refractivity (Wildman–Crippen MR) is 65.2 cm³/mol. The van der Waals surface area contributed by atoms with Crippen LogP contribution in [0.25, 0.3) is 0 Å². The maximum Gasteiger partial charge on any atom is 0.310 e. The quantitative estimate of drug-likeness (QED) is 0.826. The normalized spacial score (nSPS) is 27.3. The Morgan fingerprint density at radius 3 is 2.53 bits per heavy atom. The van der Waals surface area contributed by atoms with E-state index >= 15 is 0 Å². The molecule has 0 aromatic rings. The minimum absolute atomic E-state index is 0.0537. The zero-order valence-electron chi connectivity index (χ0n) is 10.6. The van der Waals surface area contributed by atoms with Gasteiger partial charge in [0.05, 0.1) is 11.2 Å². The Morgan fingerprint density at radius 2 is 2.06 bits per heavy atom. The summed E-state index contributed by atoms with van der Waals surface area (Å²) in [5.41, 5.74) is -0.942. The number of nitrogens with zero attached hydrogens (tertiary/aromatic N) is 1. The Balaban J connectivity index is 2.83. The molecule has 1 heterocycles. The fourth-order valence-corrected chi connectivity index (χ4v) is 4.07. The Morgan fingerprint density at radius 1 is 1.47 bits per heavy atom. The minimum atomic E-state index is -3.32. The first-order valence-electron chi connectivity index (χ1n) is 5.88. The molecule has 5 nitrogen and oxygen atoms in total. The monoisotopic (exact) mass is 263 g/mol. The highest BCUT2D eigenvalue weighted by molar-refractivity contribution is 7.89. The largest absolute Gasteiger partial charge is 0.481 e. The van der Waals surface area contributed by atoms with E-state index in [1.165, 1.54) is 4.31 Å². The summed E-state index contributed by atoms with van der Waals surface area (Å²) in [7, 11) is -3.32. The van der Waals surface area contributed by atoms with Crippen molar-refractivity contribution in [3.8, 4) is 0 Å². The molecule has 0 saturated carbocycles. The molecule has 1 saturated heterocycles. The van der Waals surface area contributed by atoms with Gasteiger partial charge in [0.15, 0.2) is 0 Å². The van der Waals surface area contributed by atoms with E-state index in [0.717, 1.165) is 0 Å². The predicted octanol–water partition coefficient (Wildman–Crippen LogP) is 1.16. The molecule has 0 aromatic heterocycles. The lowest BCUT2D eigenvalue weighted by atomic mass is 9.83. The Kier molecular flexibility index (Phi) is 4.19. The van der Waals surface area contributed by atoms with E-state index < -0.39 is 21.4 Å². The average Bonchev–Trinajstić information content (AvgIpc) is 2.15. The Bertz CT molecular complexity index is 390. The van der Waals surface area contributed by atoms with Gasteiger partial charge in [0, 0.05) is 13.1 Å². The summed E-state index contributed by atoms with van der Waals surface area (Å²) in [4.78, 5) is 11.1. The van der Waals surface area contributed by atoms with Crippen molar-refractivity contribution < 1.29 is 18.3 Å². The van der Waals surface area contributed by atoms with Gasteiger partial charge >= 0.3 is 5.97 Å². The first-order chi connectivity index (χ1) is 7.67. The molecule has 1 atom stereocenters. The first-order valence-corrected chi connectivity index (χ1v) is 7.49. The zero-order chi connectivity index (χ0) is 13.3. The van der Waals surface area contributed by atoms with Crippen LogP contribution in [0, 0.1) is 11.3 Å². The second kappa shape index (κ2) is 4.94. The highest BCUT2D eigenvalue weighted by atomic mass is 32.2. The molecular weight excluding hydrogens is 242 g/mol. The van der Waals surface area contributed by atoms with Crippen molar-refractivity contribution in [2.24, 2.45) is 11.3 Å². The van der Waals surface area contributed by atoms with E-state index in [1.54, 1.807) is 6.92 Å². The van der Waals surface area contributed by atoms with Crippen LogP contribution in [0.2, 0.25) is 0 Å². The maximum atomic E-state index is 12.0. The average molecular weight is 263 g/mol. The van der Waals surface area contributed by atoms with Gasteiger partial charge in [0.1, 0.15) is 0 Å². The van der Waals surface area contributed by atoms with Crippen LogP contribution in [-0.4, -0.2) is 42.6 Å². The van der Waals surface area contributed by atoms with Crippen LogP contribution in [0.4, 0.5) is 0 Å². The van der Waals surface area contributed by atoms with E-state index in [2.05, 4.69) is 0 Å². The number of carbonyl (C=O) groups is 1. The van der Waals surface area contributed by atoms with Crippen molar-refractivity contribution in [1.29, 1.82) is 0 Å². The second-order valence-corrected chi connectivity index (χ2v) is 7.49. The first kappa shape index (κ1) is 14.4. The van der Waals surface area contributed by atoms with Crippen molar-refractivity contribution in [2.75, 3.05) is 18.8 Å². The number of aliphatic carboxylic acids is 1. The molecule has 1 N–H and O–H groups in total. The summed E-state index contributed by atoms with van der Waals surface area (Å²) in [5.74, 6) is -0.775. The number of sulfonamides is 1. The third-order valence-electron chi connectivity index (χ3n) is 3.12. The van der Waals surface area contributed by atoms with Gasteiger partial charge in [0.2, 0.25) is 10.0 Å². The van der Waals surface area contributed by atoms with Gasteiger partial charge in [-0.3, -0.25) is 4.79 Å². The van der Waals surface area contributed by atoms with Crippen LogP contribution < -0.4 is 0 Å². The molecule has 0 aromatic carbocycles. The lowest BCUT2D eigenvalue weighted by molar-refractivity contribution is -0.150. The molecule has 1 unspecified atom stereocenters. The van der Waals surface area contributed by atoms with E-state index in [1.807, 2.05) is 13.8 Å². The summed E-state index contributed by atoms with van der Waals surface area (Å²) >= 11 is 0. The fraction of sp³-hybridized carbons (Fsp3) is 0.909. The van der Waals surface area contributed by atoms with Crippen molar-refractivity contribution in [2.45, 2.75) is 33.6 Å². The smallest absolute Gasteiger partial charge is 0.310 e. The number of hydrogen-bond donors (Lipinski definition) is 1. The SMILES string of the molecule is CC(C)CS(=O)(=O)N1CCCC(C)(C(=O)O)C1. The molecule has 6 heteroatoms. The van der Waals surface area contributed by atoms with Gasteiger partial charge in [-0.25, -0.2) is 12.7 Å². The van der Waals surface area contributed by atoms with Crippen molar-refractivity contribution in [1.82, 2.24) is 4.31 Å². The third-order valence-corrected chi connectivity index (χ3v) is 5.30. The Labute approximate surface area is 103 Å². The molecular formula is C11H21NO4S. The highest BCUT2D eigenvalue weighted by Crippen LogP contribution is 2.31. The van der Waals surface area contributed by atoms with E-state index in [-0.39, 0.29) is 18.2 Å². The third kappa shape index (κ3) is 3.42. The minimum Gasteiger partial charge on any atom is -0.481 e. The van der Waals surface area contributed by atoms with Gasteiger partial charge in [-0.05, 0) is 25.7 Å². The molecule has 0 aliphatic carbocycles. The van der Waals surface area contributed by atoms with Crippen LogP contribution in [-0.2, 0) is 14.8 Å². The van der Waals surface area contributed by atoms with E-state index in [0.29, 0.717) is 19.4 Å². The van der Waals surface area contributed by atoms with Crippen molar-refractivity contribution in [3.05, 3.63) is 0 Å². The molecule has 100 valence electrons. The second-order valence-electron chi connectivity index (χ2n) is 5.48. The summed E-state index contributed by atoms with van der Waals surface area (Å²) in [6.45, 7) is 5.84. The van der Waals surface area contributed by atoms with Gasteiger partial charge in [-0.2, -0.15) is 0 Å². The molecule has 0 bridgehead atoms. The van der Waals surface area contributed by atoms with Gasteiger partial charge in [-0.1, -0.05) is 13.8 Å². The molecule has 0 spiro atoms. The molecule has 17 heavy (non-hydrogen) atoms. The molecule has 1 fully saturated rings. The lowest BCUT2D eigenvalue weighted by Gasteiger charge is -2.36. The molecule has 1 aliphatic rings. The summed E-state index contributed by atoms with van der Waals surface area (Å²) < 4.78 is 25.4. The van der Waals surface area contributed by atoms with Crippen LogP contribution in [0.15, 0.2) is 0 Å². The lowest BCUT2D eigenvalue weighted by Crippen LogP contribution is -2.49. The number of carboxylic acid groups (broad SMARTS) is 1. The molecule has 0 amide bonds. The number of rotatable bonds is 4. The van der Waals surface area contributed by atoms with Gasteiger partial charge in [-0.15, -0.1) is 0 Å². The number of carboxylic acids is 1. The number of piperidine rings is 1. The topological polar surface area (TPSA) is 74.7 Å². The van der Waals surface area contributed by atoms with Gasteiger partial charge < -0.3 is 5.11 Å². The maximum absolute atomic E-state index is 12.0. The molecule has 1 aliphatic heterocycles. The van der Waals surface area contributed by atoms with E-state index in [9.17, 15) is 13.2 Å². The molecule has 1 rings (SSSR count). The van der Waals surface area contributed by atoms with Crippen LogP contribution >= 0.6 is 0 Å². The Hall–Kier alpha value is -0.620. The van der Waals surface area contributed by atoms with Gasteiger partial charge in [0.25, 0.3) is 0 Å². The van der Waals surface area contributed by atoms with Crippen molar-refractivity contribution >= 4 is 16.0 Å². The standard InChI is InChI=1S/C11H21NO4S/c1-9(2)7-17(15,16)12-6-4-5-11(3,8-12)10(13)14/h9H,4-8H2,1-3H3,(H,13,14). The fourth-order valence-electron chi connectivity index (χ4n) is 2.13. The van der Waals surface area contributed by atoms with Crippen LogP contribution in [0.5, 0.6) is 0 Å². The summed E-state index contributed by atoms with van der Waals surface area (Å²) in [6.07, 6.45) is 1.15. The summed E-state index contributed by atoms with van der Waals surface area (Å²) in [6, 6.07) is 0. The zero-order valence-corrected chi connectivity index (χ0v) is 11.5. The van der Waals surface area contributed by atoms with Crippen LogP contribution in [0.3, 0.4) is 0 Å². The van der Waals surface area contributed by atoms with E-state index in [4.69, 9.17) is 5.11 Å².